The van der Waals surface area contributed by atoms with Crippen LogP contribution in [-0.4, -0.2) is 112 Å². The first kappa shape index (κ1) is 40.5. The molecule has 4 aliphatic heterocycles. The van der Waals surface area contributed by atoms with Gasteiger partial charge in [-0.05, 0) is 68.0 Å². The summed E-state index contributed by atoms with van der Waals surface area (Å²) in [4.78, 5) is 53.1. The van der Waals surface area contributed by atoms with E-state index in [4.69, 9.17) is 21.3 Å². The highest BCUT2D eigenvalue weighted by Gasteiger charge is 2.51. The molecular weight excluding hydrogens is 827 g/mol. The maximum atomic E-state index is 16.0. The lowest BCUT2D eigenvalue weighted by Gasteiger charge is -2.40. The van der Waals surface area contributed by atoms with Crippen LogP contribution in [0.2, 0.25) is 5.02 Å². The van der Waals surface area contributed by atoms with E-state index in [2.05, 4.69) is 48.0 Å². The maximum absolute atomic E-state index is 16.0. The minimum atomic E-state index is -3.16. The van der Waals surface area contributed by atoms with Gasteiger partial charge in [-0.25, -0.2) is 18.2 Å². The van der Waals surface area contributed by atoms with Gasteiger partial charge in [-0.1, -0.05) is 11.6 Å². The molecule has 326 valence electrons. The minimum absolute atomic E-state index is 0.131. The number of fused-ring (bicyclic) bond motifs is 4. The summed E-state index contributed by atoms with van der Waals surface area (Å²) in [6.07, 6.45) is 3.09. The standard InChI is InChI=1S/C43H47ClF3N11O4/c1-54-32-9-5-25(17-29(32)36-37(41(54)61)62-22-43(46,47)38(51-36)23-3-4-23)49-39-30(44)19-48-42(52-39)58-12-11-24(31(45)21-58)20-56-13-15-57(16-14-56)26-6-7-27-33(18-26)55(2)53-35(27)28-8-10-34(59)50-40(28)60/h5-7,9,17-19,23-24,28,31,38,51H,3-4,8,10-16,20-22H2,1-2H3,(H,48,49,52)(H,50,59,60)/t24-,28?,31+,38?/m1/s1. The molecule has 0 bridgehead atoms. The Labute approximate surface area is 359 Å². The van der Waals surface area contributed by atoms with E-state index in [1.165, 1.54) is 10.8 Å². The summed E-state index contributed by atoms with van der Waals surface area (Å²) in [6, 6.07) is 10.2. The first-order chi connectivity index (χ1) is 29.8. The molecule has 0 radical (unpaired) electrons. The van der Waals surface area contributed by atoms with Gasteiger partial charge in [0.25, 0.3) is 5.56 Å². The predicted molar refractivity (Wildman–Crippen MR) is 230 cm³/mol. The molecule has 1 aliphatic carbocycles. The number of ether oxygens (including phenoxy) is 1. The SMILES string of the molecule is Cn1nc(C2CCC(=O)NC2=O)c2ccc(N3CCN(C[C@H]4CCN(c5ncc(Cl)c(Nc6ccc7c(c6)c6c(c(=O)n7C)OCC(F)(F)C(C7CC7)N6)n5)C[C@@H]4F)CC3)cc21. The molecule has 4 atom stereocenters. The number of hydrogen-bond donors (Lipinski definition) is 3. The number of aromatic nitrogens is 5. The molecule has 3 aromatic heterocycles. The van der Waals surface area contributed by atoms with Crippen LogP contribution >= 0.6 is 11.6 Å². The van der Waals surface area contributed by atoms with E-state index in [9.17, 15) is 14.4 Å². The van der Waals surface area contributed by atoms with Crippen molar-refractivity contribution in [3.63, 3.8) is 0 Å². The van der Waals surface area contributed by atoms with Gasteiger partial charge in [0.15, 0.2) is 12.4 Å². The average molecular weight is 874 g/mol. The third kappa shape index (κ3) is 7.43. The van der Waals surface area contributed by atoms with Crippen molar-refractivity contribution >= 4 is 74.0 Å². The third-order valence-corrected chi connectivity index (χ3v) is 13.5. The van der Waals surface area contributed by atoms with Gasteiger partial charge in [-0.2, -0.15) is 10.1 Å². The van der Waals surface area contributed by atoms with E-state index in [1.807, 2.05) is 18.0 Å². The van der Waals surface area contributed by atoms with Crippen LogP contribution in [0.1, 0.15) is 43.7 Å². The second kappa shape index (κ2) is 15.6. The van der Waals surface area contributed by atoms with Gasteiger partial charge in [0, 0.05) is 87.8 Å². The van der Waals surface area contributed by atoms with Crippen LogP contribution in [0.3, 0.4) is 0 Å². The van der Waals surface area contributed by atoms with Crippen LogP contribution in [0, 0.1) is 11.8 Å². The molecule has 15 nitrogen and oxygen atoms in total. The van der Waals surface area contributed by atoms with Gasteiger partial charge in [-0.3, -0.25) is 29.3 Å². The molecule has 2 amide bonds. The fraction of sp³-hybridized carbons (Fsp3) is 0.488. The van der Waals surface area contributed by atoms with Crippen LogP contribution < -0.4 is 36.0 Å². The molecule has 3 N–H and O–H groups in total. The van der Waals surface area contributed by atoms with Crippen molar-refractivity contribution in [2.45, 2.75) is 56.2 Å². The van der Waals surface area contributed by atoms with Crippen molar-refractivity contribution in [3.8, 4) is 5.75 Å². The Morgan fingerprint density at radius 2 is 1.76 bits per heavy atom. The zero-order valence-electron chi connectivity index (χ0n) is 34.3. The number of alkyl halides is 3. The molecular formula is C43H47ClF3N11O4. The number of rotatable bonds is 8. The summed E-state index contributed by atoms with van der Waals surface area (Å²) >= 11 is 6.58. The van der Waals surface area contributed by atoms with Crippen molar-refractivity contribution in [1.82, 2.24) is 34.5 Å². The number of aryl methyl sites for hydroxylation is 2. The number of pyridine rings is 1. The zero-order valence-corrected chi connectivity index (χ0v) is 35.1. The number of nitrogens with zero attached hydrogens (tertiary/aromatic N) is 8. The molecule has 3 saturated heterocycles. The van der Waals surface area contributed by atoms with E-state index in [-0.39, 0.29) is 46.7 Å². The summed E-state index contributed by atoms with van der Waals surface area (Å²) < 4.78 is 55.0. The molecule has 7 heterocycles. The maximum Gasteiger partial charge on any atom is 0.301 e. The number of nitrogens with one attached hydrogen (secondary N) is 3. The summed E-state index contributed by atoms with van der Waals surface area (Å²) in [7, 11) is 3.44. The highest BCUT2D eigenvalue weighted by atomic mass is 35.5. The quantitative estimate of drug-likeness (QED) is 0.173. The molecule has 2 unspecified atom stereocenters. The predicted octanol–water partition coefficient (Wildman–Crippen LogP) is 5.34. The molecule has 19 heteroatoms. The van der Waals surface area contributed by atoms with Crippen molar-refractivity contribution in [3.05, 3.63) is 63.7 Å². The van der Waals surface area contributed by atoms with E-state index >= 15 is 13.2 Å². The molecule has 2 aromatic carbocycles. The summed E-state index contributed by atoms with van der Waals surface area (Å²) in [6.45, 7) is 3.60. The molecule has 5 aromatic rings. The topological polar surface area (TPSA) is 155 Å². The first-order valence-electron chi connectivity index (χ1n) is 21.2. The number of hydrogen-bond acceptors (Lipinski definition) is 12. The second-order valence-corrected chi connectivity index (χ2v) is 17.7. The second-order valence-electron chi connectivity index (χ2n) is 17.3. The monoisotopic (exact) mass is 873 g/mol. The molecule has 1 saturated carbocycles. The third-order valence-electron chi connectivity index (χ3n) is 13.2. The average Bonchev–Trinajstić information content (AvgIpc) is 4.06. The van der Waals surface area contributed by atoms with E-state index in [0.29, 0.717) is 79.2 Å². The number of piperazine rings is 1. The number of carbonyl (C=O) groups excluding carboxylic acids is 2. The van der Waals surface area contributed by atoms with Gasteiger partial charge < -0.3 is 29.7 Å². The summed E-state index contributed by atoms with van der Waals surface area (Å²) in [5.41, 5.74) is 3.49. The van der Waals surface area contributed by atoms with E-state index in [0.717, 1.165) is 42.8 Å². The molecule has 62 heavy (non-hydrogen) atoms. The summed E-state index contributed by atoms with van der Waals surface area (Å²) in [5.74, 6) is -4.04. The number of piperidine rings is 2. The van der Waals surface area contributed by atoms with Crippen molar-refractivity contribution in [2.75, 3.05) is 72.9 Å². The van der Waals surface area contributed by atoms with Gasteiger partial charge in [0.05, 0.1) is 47.1 Å². The Bertz CT molecular complexity index is 2670. The fourth-order valence-electron chi connectivity index (χ4n) is 9.56. The van der Waals surface area contributed by atoms with Gasteiger partial charge >= 0.3 is 5.92 Å². The molecule has 10 rings (SSSR count). The van der Waals surface area contributed by atoms with Crippen molar-refractivity contribution < 1.29 is 27.5 Å². The Morgan fingerprint density at radius 1 is 0.952 bits per heavy atom. The Kier molecular flexibility index (Phi) is 10.2. The van der Waals surface area contributed by atoms with Crippen molar-refractivity contribution in [2.24, 2.45) is 25.9 Å². The zero-order chi connectivity index (χ0) is 43.0. The van der Waals surface area contributed by atoms with Crippen LogP contribution in [-0.2, 0) is 23.7 Å². The van der Waals surface area contributed by atoms with E-state index in [1.54, 1.807) is 29.9 Å². The largest absolute Gasteiger partial charge is 0.480 e. The Morgan fingerprint density at radius 3 is 2.52 bits per heavy atom. The molecule has 4 fully saturated rings. The van der Waals surface area contributed by atoms with Gasteiger partial charge in [0.1, 0.15) is 11.2 Å². The minimum Gasteiger partial charge on any atom is -0.480 e. The van der Waals surface area contributed by atoms with Crippen LogP contribution in [0.25, 0.3) is 21.8 Å². The normalized spacial score (nSPS) is 24.4. The van der Waals surface area contributed by atoms with Crippen molar-refractivity contribution in [1.29, 1.82) is 0 Å². The van der Waals surface area contributed by atoms with Crippen LogP contribution in [0.15, 0.2) is 47.4 Å². The number of carbonyl (C=O) groups is 2. The Balaban J connectivity index is 0.777. The van der Waals surface area contributed by atoms with Crippen LogP contribution in [0.5, 0.6) is 5.75 Å². The Hall–Kier alpha value is -5.62. The fourth-order valence-corrected chi connectivity index (χ4v) is 9.70. The first-order valence-corrected chi connectivity index (χ1v) is 21.6. The highest BCUT2D eigenvalue weighted by Crippen LogP contribution is 2.46. The number of anilines is 5. The molecule has 0 spiro atoms. The van der Waals surface area contributed by atoms with Gasteiger partial charge in [0.2, 0.25) is 23.5 Å². The number of imide groups is 1. The smallest absolute Gasteiger partial charge is 0.301 e. The lowest BCUT2D eigenvalue weighted by atomic mass is 9.93. The molecule has 5 aliphatic rings. The lowest BCUT2D eigenvalue weighted by molar-refractivity contribution is -0.134. The number of benzene rings is 2. The summed E-state index contributed by atoms with van der Waals surface area (Å²) in [5, 5.41) is 15.0. The highest BCUT2D eigenvalue weighted by molar-refractivity contribution is 6.33. The van der Waals surface area contributed by atoms with E-state index < -0.39 is 36.2 Å². The number of amides is 2. The van der Waals surface area contributed by atoms with Gasteiger partial charge in [-0.15, -0.1) is 0 Å². The van der Waals surface area contributed by atoms with Crippen LogP contribution in [0.4, 0.5) is 42.0 Å². The number of halogens is 4. The lowest BCUT2D eigenvalue weighted by Crippen LogP contribution is -2.51.